The van der Waals surface area contributed by atoms with Crippen LogP contribution in [-0.4, -0.2) is 11.3 Å². The third-order valence-corrected chi connectivity index (χ3v) is 2.47. The number of aryl methyl sites for hydroxylation is 1. The number of hydrogen-bond acceptors (Lipinski definition) is 1. The molecule has 1 N–H and O–H groups in total. The molecule has 1 unspecified atom stereocenters. The molecule has 15 heavy (non-hydrogen) atoms. The largest absolute Gasteiger partial charge is 0.421 e. The average Bonchev–Trinajstić information content (AvgIpc) is 2.16. The molecule has 0 saturated heterocycles. The van der Waals surface area contributed by atoms with Crippen molar-refractivity contribution in [3.8, 4) is 0 Å². The van der Waals surface area contributed by atoms with Crippen LogP contribution in [0.5, 0.6) is 0 Å². The first-order chi connectivity index (χ1) is 6.80. The van der Waals surface area contributed by atoms with E-state index in [9.17, 15) is 18.3 Å². The molecule has 0 saturated carbocycles. The number of aliphatic hydroxyl groups is 1. The van der Waals surface area contributed by atoms with Crippen LogP contribution in [0.4, 0.5) is 13.2 Å². The van der Waals surface area contributed by atoms with E-state index in [1.165, 1.54) is 12.1 Å². The quantitative estimate of drug-likeness (QED) is 0.809. The van der Waals surface area contributed by atoms with Crippen LogP contribution in [0.3, 0.4) is 0 Å². The lowest BCUT2D eigenvalue weighted by molar-refractivity contribution is -0.259. The van der Waals surface area contributed by atoms with Crippen molar-refractivity contribution < 1.29 is 18.3 Å². The number of benzene rings is 1. The summed E-state index contributed by atoms with van der Waals surface area (Å²) in [7, 11) is 0. The summed E-state index contributed by atoms with van der Waals surface area (Å²) >= 11 is 0. The molecule has 1 aromatic carbocycles. The van der Waals surface area contributed by atoms with Crippen LogP contribution in [0.15, 0.2) is 24.3 Å². The van der Waals surface area contributed by atoms with E-state index in [0.717, 1.165) is 6.92 Å². The summed E-state index contributed by atoms with van der Waals surface area (Å²) in [6, 6.07) is 6.06. The van der Waals surface area contributed by atoms with E-state index in [1.807, 2.05) is 0 Å². The molecule has 0 bridgehead atoms. The zero-order chi connectivity index (χ0) is 11.7. The van der Waals surface area contributed by atoms with E-state index >= 15 is 0 Å². The van der Waals surface area contributed by atoms with Gasteiger partial charge in [0.25, 0.3) is 0 Å². The maximum atomic E-state index is 12.6. The summed E-state index contributed by atoms with van der Waals surface area (Å²) in [5.41, 5.74) is -2.33. The highest BCUT2D eigenvalue weighted by atomic mass is 19.4. The Labute approximate surface area is 86.5 Å². The molecule has 0 aliphatic heterocycles. The van der Waals surface area contributed by atoms with Gasteiger partial charge >= 0.3 is 6.18 Å². The second-order valence-electron chi connectivity index (χ2n) is 3.58. The highest BCUT2D eigenvalue weighted by Gasteiger charge is 2.51. The Hall–Kier alpha value is -1.03. The van der Waals surface area contributed by atoms with Crippen molar-refractivity contribution in [3.05, 3.63) is 35.4 Å². The van der Waals surface area contributed by atoms with Crippen molar-refractivity contribution in [2.75, 3.05) is 0 Å². The summed E-state index contributed by atoms with van der Waals surface area (Å²) in [5, 5.41) is 9.51. The Bertz CT molecular complexity index is 342. The SMILES string of the molecule is CCc1ccccc1C(C)(O)C(F)(F)F. The van der Waals surface area contributed by atoms with E-state index in [2.05, 4.69) is 0 Å². The zero-order valence-electron chi connectivity index (χ0n) is 8.60. The van der Waals surface area contributed by atoms with Gasteiger partial charge in [-0.2, -0.15) is 13.2 Å². The van der Waals surface area contributed by atoms with Crippen molar-refractivity contribution in [1.82, 2.24) is 0 Å². The molecule has 0 aliphatic rings. The molecule has 0 aliphatic carbocycles. The maximum absolute atomic E-state index is 12.6. The molecule has 1 rings (SSSR count). The van der Waals surface area contributed by atoms with Gasteiger partial charge in [-0.3, -0.25) is 0 Å². The topological polar surface area (TPSA) is 20.2 Å². The fraction of sp³-hybridized carbons (Fsp3) is 0.455. The summed E-state index contributed by atoms with van der Waals surface area (Å²) in [5.74, 6) is 0. The Morgan fingerprint density at radius 2 is 1.73 bits per heavy atom. The Morgan fingerprint density at radius 1 is 1.20 bits per heavy atom. The van der Waals surface area contributed by atoms with Gasteiger partial charge in [-0.05, 0) is 24.5 Å². The van der Waals surface area contributed by atoms with Gasteiger partial charge in [0.2, 0.25) is 0 Å². The third-order valence-electron chi connectivity index (χ3n) is 2.47. The van der Waals surface area contributed by atoms with Gasteiger partial charge in [0.05, 0.1) is 0 Å². The standard InChI is InChI=1S/C11H13F3O/c1-3-8-6-4-5-7-9(8)10(2,15)11(12,13)14/h4-7,15H,3H2,1-2H3. The van der Waals surface area contributed by atoms with Crippen LogP contribution in [0.2, 0.25) is 0 Å². The number of alkyl halides is 3. The van der Waals surface area contributed by atoms with Crippen LogP contribution >= 0.6 is 0 Å². The molecular weight excluding hydrogens is 205 g/mol. The normalized spacial score (nSPS) is 16.1. The van der Waals surface area contributed by atoms with Gasteiger partial charge in [0, 0.05) is 0 Å². The lowest BCUT2D eigenvalue weighted by Crippen LogP contribution is -2.40. The van der Waals surface area contributed by atoms with Gasteiger partial charge in [-0.15, -0.1) is 0 Å². The summed E-state index contributed by atoms with van der Waals surface area (Å²) < 4.78 is 37.8. The van der Waals surface area contributed by atoms with Crippen LogP contribution in [0, 0.1) is 0 Å². The highest BCUT2D eigenvalue weighted by molar-refractivity contribution is 5.33. The molecule has 0 heterocycles. The first-order valence-corrected chi connectivity index (χ1v) is 4.68. The minimum absolute atomic E-state index is 0.0694. The predicted molar refractivity (Wildman–Crippen MR) is 51.4 cm³/mol. The van der Waals surface area contributed by atoms with Gasteiger partial charge in [-0.1, -0.05) is 31.2 Å². The second-order valence-corrected chi connectivity index (χ2v) is 3.58. The van der Waals surface area contributed by atoms with E-state index in [4.69, 9.17) is 0 Å². The maximum Gasteiger partial charge on any atom is 0.421 e. The van der Waals surface area contributed by atoms with Crippen molar-refractivity contribution >= 4 is 0 Å². The molecule has 0 amide bonds. The summed E-state index contributed by atoms with van der Waals surface area (Å²) in [4.78, 5) is 0. The molecule has 0 radical (unpaired) electrons. The first-order valence-electron chi connectivity index (χ1n) is 4.68. The predicted octanol–water partition coefficient (Wildman–Crippen LogP) is 3.02. The van der Waals surface area contributed by atoms with Gasteiger partial charge < -0.3 is 5.11 Å². The van der Waals surface area contributed by atoms with Crippen molar-refractivity contribution in [2.24, 2.45) is 0 Å². The first kappa shape index (κ1) is 12.0. The lowest BCUT2D eigenvalue weighted by Gasteiger charge is -2.28. The van der Waals surface area contributed by atoms with E-state index in [1.54, 1.807) is 19.1 Å². The Kier molecular flexibility index (Phi) is 3.09. The molecule has 1 atom stereocenters. The minimum Gasteiger partial charge on any atom is -0.376 e. The molecule has 0 aromatic heterocycles. The van der Waals surface area contributed by atoms with Crippen LogP contribution in [-0.2, 0) is 12.0 Å². The number of halogens is 3. The highest BCUT2D eigenvalue weighted by Crippen LogP contribution is 2.39. The van der Waals surface area contributed by atoms with Crippen molar-refractivity contribution in [1.29, 1.82) is 0 Å². The molecular formula is C11H13F3O. The zero-order valence-corrected chi connectivity index (χ0v) is 8.60. The smallest absolute Gasteiger partial charge is 0.376 e. The van der Waals surface area contributed by atoms with E-state index < -0.39 is 11.8 Å². The molecule has 84 valence electrons. The Morgan fingerprint density at radius 3 is 2.20 bits per heavy atom. The minimum atomic E-state index is -4.65. The number of hydrogen-bond donors (Lipinski definition) is 1. The second kappa shape index (κ2) is 3.85. The Balaban J connectivity index is 3.26. The molecule has 1 aromatic rings. The summed E-state index contributed by atoms with van der Waals surface area (Å²) in [6.45, 7) is 2.53. The van der Waals surface area contributed by atoms with Crippen molar-refractivity contribution in [2.45, 2.75) is 32.0 Å². The fourth-order valence-electron chi connectivity index (χ4n) is 1.46. The fourth-order valence-corrected chi connectivity index (χ4v) is 1.46. The monoisotopic (exact) mass is 218 g/mol. The summed E-state index contributed by atoms with van der Waals surface area (Å²) in [6.07, 6.45) is -4.19. The van der Waals surface area contributed by atoms with E-state index in [-0.39, 0.29) is 5.56 Å². The van der Waals surface area contributed by atoms with E-state index in [0.29, 0.717) is 12.0 Å². The van der Waals surface area contributed by atoms with Gasteiger partial charge in [0.15, 0.2) is 5.60 Å². The molecule has 0 spiro atoms. The van der Waals surface area contributed by atoms with Crippen LogP contribution in [0.1, 0.15) is 25.0 Å². The molecule has 4 heteroatoms. The van der Waals surface area contributed by atoms with Gasteiger partial charge in [-0.25, -0.2) is 0 Å². The third kappa shape index (κ3) is 2.15. The van der Waals surface area contributed by atoms with Crippen molar-refractivity contribution in [3.63, 3.8) is 0 Å². The number of rotatable bonds is 2. The average molecular weight is 218 g/mol. The van der Waals surface area contributed by atoms with Gasteiger partial charge in [0.1, 0.15) is 0 Å². The van der Waals surface area contributed by atoms with Crippen LogP contribution < -0.4 is 0 Å². The van der Waals surface area contributed by atoms with Crippen LogP contribution in [0.25, 0.3) is 0 Å². The molecule has 0 fully saturated rings. The lowest BCUT2D eigenvalue weighted by atomic mass is 9.90. The molecule has 1 nitrogen and oxygen atoms in total.